The van der Waals surface area contributed by atoms with E-state index >= 15 is 0 Å². The molecule has 0 aliphatic carbocycles. The van der Waals surface area contributed by atoms with Crippen LogP contribution in [-0.4, -0.2) is 42.6 Å². The van der Waals surface area contributed by atoms with Crippen LogP contribution in [0.25, 0.3) is 0 Å². The van der Waals surface area contributed by atoms with E-state index in [2.05, 4.69) is 34.1 Å². The van der Waals surface area contributed by atoms with Crippen LogP contribution in [0.15, 0.2) is 41.0 Å². The summed E-state index contributed by atoms with van der Waals surface area (Å²) in [6, 6.07) is 10.7. The number of ether oxygens (including phenoxy) is 1. The van der Waals surface area contributed by atoms with Crippen molar-refractivity contribution in [3.63, 3.8) is 0 Å². The Bertz CT molecular complexity index is 639. The van der Waals surface area contributed by atoms with Crippen LogP contribution in [0, 0.1) is 0 Å². The van der Waals surface area contributed by atoms with Crippen molar-refractivity contribution in [1.29, 1.82) is 0 Å². The summed E-state index contributed by atoms with van der Waals surface area (Å²) >= 11 is 0. The average Bonchev–Trinajstić information content (AvgIpc) is 3.18. The fourth-order valence-electron chi connectivity index (χ4n) is 3.56. The standard InChI is InChI=1S/C19H24N2O2/c1-3-18(22-11-1)15-21-8-2-7-20(9-10-21)14-16-4-5-19-17(13-16)6-12-23-19/h1,3-5,11,13H,2,6-10,12,14-15H2. The predicted molar refractivity (Wildman–Crippen MR) is 89.5 cm³/mol. The summed E-state index contributed by atoms with van der Waals surface area (Å²) in [7, 11) is 0. The summed E-state index contributed by atoms with van der Waals surface area (Å²) in [5.41, 5.74) is 2.78. The van der Waals surface area contributed by atoms with Crippen molar-refractivity contribution in [2.24, 2.45) is 0 Å². The lowest BCUT2D eigenvalue weighted by Crippen LogP contribution is -2.30. The Morgan fingerprint density at radius 2 is 1.83 bits per heavy atom. The summed E-state index contributed by atoms with van der Waals surface area (Å²) in [6.45, 7) is 7.35. The predicted octanol–water partition coefficient (Wildman–Crippen LogP) is 2.92. The van der Waals surface area contributed by atoms with Gasteiger partial charge in [-0.2, -0.15) is 0 Å². The molecule has 0 spiro atoms. The molecule has 23 heavy (non-hydrogen) atoms. The molecule has 4 nitrogen and oxygen atoms in total. The molecule has 1 saturated heterocycles. The van der Waals surface area contributed by atoms with Crippen molar-refractivity contribution in [3.8, 4) is 5.75 Å². The second-order valence-electron chi connectivity index (χ2n) is 6.53. The SMILES string of the molecule is c1coc(CN2CCCN(Cc3ccc4c(c3)CCO4)CC2)c1. The maximum Gasteiger partial charge on any atom is 0.122 e. The summed E-state index contributed by atoms with van der Waals surface area (Å²) in [5.74, 6) is 2.14. The first-order valence-electron chi connectivity index (χ1n) is 8.58. The Balaban J connectivity index is 1.33. The summed E-state index contributed by atoms with van der Waals surface area (Å²) in [5, 5.41) is 0. The lowest BCUT2D eigenvalue weighted by molar-refractivity contribution is 0.234. The van der Waals surface area contributed by atoms with E-state index in [9.17, 15) is 0 Å². The van der Waals surface area contributed by atoms with Gasteiger partial charge in [0.15, 0.2) is 0 Å². The van der Waals surface area contributed by atoms with Crippen LogP contribution in [0.2, 0.25) is 0 Å². The quantitative estimate of drug-likeness (QED) is 0.868. The lowest BCUT2D eigenvalue weighted by atomic mass is 10.1. The number of benzene rings is 1. The monoisotopic (exact) mass is 312 g/mol. The molecular formula is C19H24N2O2. The van der Waals surface area contributed by atoms with Crippen molar-refractivity contribution < 1.29 is 9.15 Å². The molecule has 1 aromatic carbocycles. The average molecular weight is 312 g/mol. The van der Waals surface area contributed by atoms with Gasteiger partial charge < -0.3 is 9.15 Å². The highest BCUT2D eigenvalue weighted by atomic mass is 16.5. The van der Waals surface area contributed by atoms with Crippen molar-refractivity contribution in [3.05, 3.63) is 53.5 Å². The van der Waals surface area contributed by atoms with Gasteiger partial charge in [0, 0.05) is 26.1 Å². The molecule has 2 aliphatic rings. The van der Waals surface area contributed by atoms with Crippen LogP contribution in [0.4, 0.5) is 0 Å². The number of nitrogens with zero attached hydrogens (tertiary/aromatic N) is 2. The minimum absolute atomic E-state index is 0.838. The molecule has 1 fully saturated rings. The number of rotatable bonds is 4. The molecule has 3 heterocycles. The van der Waals surface area contributed by atoms with Gasteiger partial charge in [-0.1, -0.05) is 12.1 Å². The number of furan rings is 1. The topological polar surface area (TPSA) is 28.9 Å². The Hall–Kier alpha value is -1.78. The zero-order valence-electron chi connectivity index (χ0n) is 13.5. The molecule has 0 saturated carbocycles. The number of hydrogen-bond donors (Lipinski definition) is 0. The van der Waals surface area contributed by atoms with Crippen molar-refractivity contribution in [1.82, 2.24) is 9.80 Å². The van der Waals surface area contributed by atoms with Crippen molar-refractivity contribution in [2.45, 2.75) is 25.9 Å². The largest absolute Gasteiger partial charge is 0.493 e. The van der Waals surface area contributed by atoms with Crippen LogP contribution in [-0.2, 0) is 19.5 Å². The van der Waals surface area contributed by atoms with Crippen LogP contribution >= 0.6 is 0 Å². The first kappa shape index (κ1) is 14.8. The fourth-order valence-corrected chi connectivity index (χ4v) is 3.56. The van der Waals surface area contributed by atoms with E-state index < -0.39 is 0 Å². The van der Waals surface area contributed by atoms with Crippen LogP contribution in [0.3, 0.4) is 0 Å². The van der Waals surface area contributed by atoms with Gasteiger partial charge in [-0.15, -0.1) is 0 Å². The molecule has 4 rings (SSSR count). The van der Waals surface area contributed by atoms with E-state index in [4.69, 9.17) is 9.15 Å². The highest BCUT2D eigenvalue weighted by molar-refractivity contribution is 5.39. The van der Waals surface area contributed by atoms with Crippen LogP contribution in [0.1, 0.15) is 23.3 Å². The van der Waals surface area contributed by atoms with E-state index in [1.165, 1.54) is 24.1 Å². The maximum atomic E-state index is 5.60. The number of fused-ring (bicyclic) bond motifs is 1. The molecule has 0 atom stereocenters. The molecule has 2 aliphatic heterocycles. The van der Waals surface area contributed by atoms with Crippen molar-refractivity contribution in [2.75, 3.05) is 32.8 Å². The highest BCUT2D eigenvalue weighted by Crippen LogP contribution is 2.26. The second kappa shape index (κ2) is 6.77. The first-order valence-corrected chi connectivity index (χ1v) is 8.58. The molecule has 0 amide bonds. The van der Waals surface area contributed by atoms with Gasteiger partial charge in [0.05, 0.1) is 19.4 Å². The van der Waals surface area contributed by atoms with Gasteiger partial charge >= 0.3 is 0 Å². The molecule has 0 unspecified atom stereocenters. The van der Waals surface area contributed by atoms with E-state index in [-0.39, 0.29) is 0 Å². The lowest BCUT2D eigenvalue weighted by Gasteiger charge is -2.21. The van der Waals surface area contributed by atoms with Crippen LogP contribution < -0.4 is 4.74 Å². The minimum atomic E-state index is 0.838. The van der Waals surface area contributed by atoms with Gasteiger partial charge in [0.2, 0.25) is 0 Å². The highest BCUT2D eigenvalue weighted by Gasteiger charge is 2.17. The molecule has 2 aromatic rings. The van der Waals surface area contributed by atoms with E-state index in [1.807, 2.05) is 6.07 Å². The molecule has 0 radical (unpaired) electrons. The molecular weight excluding hydrogens is 288 g/mol. The van der Waals surface area contributed by atoms with Gasteiger partial charge in [-0.25, -0.2) is 0 Å². The summed E-state index contributed by atoms with van der Waals surface area (Å²) in [4.78, 5) is 5.06. The van der Waals surface area contributed by atoms with Crippen molar-refractivity contribution >= 4 is 0 Å². The smallest absolute Gasteiger partial charge is 0.122 e. The van der Waals surface area contributed by atoms with E-state index in [0.29, 0.717) is 0 Å². The maximum absolute atomic E-state index is 5.60. The first-order chi connectivity index (χ1) is 11.4. The molecule has 4 heteroatoms. The normalized spacial score (nSPS) is 19.3. The third-order valence-electron chi connectivity index (χ3n) is 4.80. The third kappa shape index (κ3) is 3.59. The minimum Gasteiger partial charge on any atom is -0.493 e. The van der Waals surface area contributed by atoms with Crippen LogP contribution in [0.5, 0.6) is 5.75 Å². The zero-order chi connectivity index (χ0) is 15.5. The second-order valence-corrected chi connectivity index (χ2v) is 6.53. The van der Waals surface area contributed by atoms with E-state index in [1.54, 1.807) is 6.26 Å². The van der Waals surface area contributed by atoms with Gasteiger partial charge in [-0.3, -0.25) is 9.80 Å². The zero-order valence-corrected chi connectivity index (χ0v) is 13.5. The Morgan fingerprint density at radius 3 is 2.65 bits per heavy atom. The summed E-state index contributed by atoms with van der Waals surface area (Å²) in [6.07, 6.45) is 4.03. The molecule has 122 valence electrons. The number of hydrogen-bond acceptors (Lipinski definition) is 4. The van der Waals surface area contributed by atoms with Gasteiger partial charge in [0.1, 0.15) is 11.5 Å². The fraction of sp³-hybridized carbons (Fsp3) is 0.474. The van der Waals surface area contributed by atoms with Gasteiger partial charge in [-0.05, 0) is 48.8 Å². The molecule has 1 aromatic heterocycles. The summed E-state index contributed by atoms with van der Waals surface area (Å²) < 4.78 is 11.1. The Labute approximate surface area is 137 Å². The van der Waals surface area contributed by atoms with E-state index in [0.717, 1.165) is 57.3 Å². The molecule has 0 N–H and O–H groups in total. The Kier molecular flexibility index (Phi) is 4.35. The van der Waals surface area contributed by atoms with Gasteiger partial charge in [0.25, 0.3) is 0 Å². The Morgan fingerprint density at radius 1 is 0.957 bits per heavy atom. The molecule has 0 bridgehead atoms. The third-order valence-corrected chi connectivity index (χ3v) is 4.80.